The fraction of sp³-hybridized carbons (Fsp3) is 0.529. The van der Waals surface area contributed by atoms with Crippen molar-refractivity contribution in [3.63, 3.8) is 0 Å². The first-order valence-electron chi connectivity index (χ1n) is 7.81. The standard InChI is InChI=1S/C17H22N2O4S/c1-17(2,24(3,21)22)16(20)19-10-8-15(9-11-19)23-14-6-4-13(12-18)5-7-14/h4-7,15H,8-11H2,1-3H3. The Labute approximate surface area is 142 Å². The minimum Gasteiger partial charge on any atom is -0.490 e. The predicted octanol–water partition coefficient (Wildman–Crippen LogP) is 1.75. The van der Waals surface area contributed by atoms with Crippen LogP contribution in [0.1, 0.15) is 32.3 Å². The van der Waals surface area contributed by atoms with Gasteiger partial charge in [-0.1, -0.05) is 0 Å². The minimum absolute atomic E-state index is 0.0247. The summed E-state index contributed by atoms with van der Waals surface area (Å²) < 4.78 is 28.1. The Balaban J connectivity index is 1.93. The lowest BCUT2D eigenvalue weighted by Gasteiger charge is -2.36. The minimum atomic E-state index is -3.47. The summed E-state index contributed by atoms with van der Waals surface area (Å²) in [6.45, 7) is 3.84. The Morgan fingerprint density at radius 2 is 1.79 bits per heavy atom. The molecule has 1 aromatic carbocycles. The van der Waals surface area contributed by atoms with Gasteiger partial charge in [-0.3, -0.25) is 4.79 Å². The monoisotopic (exact) mass is 350 g/mol. The molecule has 0 unspecified atom stereocenters. The first kappa shape index (κ1) is 18.3. The van der Waals surface area contributed by atoms with E-state index >= 15 is 0 Å². The third-order valence-corrected chi connectivity index (χ3v) is 6.49. The molecule has 6 nitrogen and oxygen atoms in total. The van der Waals surface area contributed by atoms with Crippen LogP contribution in [0.25, 0.3) is 0 Å². The molecule has 2 rings (SSSR count). The molecule has 0 spiro atoms. The van der Waals surface area contributed by atoms with Gasteiger partial charge >= 0.3 is 0 Å². The molecule has 1 fully saturated rings. The molecular weight excluding hydrogens is 328 g/mol. The average molecular weight is 350 g/mol. The Hall–Kier alpha value is -2.07. The number of nitrogens with zero attached hydrogens (tertiary/aromatic N) is 2. The van der Waals surface area contributed by atoms with E-state index in [1.165, 1.54) is 13.8 Å². The topological polar surface area (TPSA) is 87.5 Å². The second-order valence-corrected chi connectivity index (χ2v) is 9.09. The van der Waals surface area contributed by atoms with Crippen molar-refractivity contribution in [3.8, 4) is 11.8 Å². The molecule has 1 heterocycles. The number of nitriles is 1. The highest BCUT2D eigenvalue weighted by molar-refractivity contribution is 7.92. The Kier molecular flexibility index (Phi) is 5.19. The van der Waals surface area contributed by atoms with E-state index in [4.69, 9.17) is 10.00 Å². The van der Waals surface area contributed by atoms with Crippen molar-refractivity contribution in [2.45, 2.75) is 37.5 Å². The number of carbonyl (C=O) groups is 1. The van der Waals surface area contributed by atoms with Crippen LogP contribution in [0.2, 0.25) is 0 Å². The van der Waals surface area contributed by atoms with E-state index in [1.807, 2.05) is 0 Å². The Bertz CT molecular complexity index is 740. The van der Waals surface area contributed by atoms with Gasteiger partial charge in [-0.15, -0.1) is 0 Å². The van der Waals surface area contributed by atoms with Crippen molar-refractivity contribution in [1.82, 2.24) is 4.90 Å². The van der Waals surface area contributed by atoms with Crippen LogP contribution in [0.3, 0.4) is 0 Å². The number of hydrogen-bond acceptors (Lipinski definition) is 5. The zero-order valence-electron chi connectivity index (χ0n) is 14.2. The maximum Gasteiger partial charge on any atom is 0.243 e. The molecule has 0 bridgehead atoms. The van der Waals surface area contributed by atoms with Crippen LogP contribution in [0, 0.1) is 11.3 Å². The number of sulfone groups is 1. The molecule has 0 atom stereocenters. The van der Waals surface area contributed by atoms with Crippen molar-refractivity contribution in [1.29, 1.82) is 5.26 Å². The average Bonchev–Trinajstić information content (AvgIpc) is 2.54. The van der Waals surface area contributed by atoms with Gasteiger partial charge in [-0.2, -0.15) is 5.26 Å². The van der Waals surface area contributed by atoms with Gasteiger partial charge in [0.2, 0.25) is 5.91 Å². The molecule has 0 aromatic heterocycles. The fourth-order valence-electron chi connectivity index (χ4n) is 2.52. The summed E-state index contributed by atoms with van der Waals surface area (Å²) in [5, 5.41) is 8.78. The van der Waals surface area contributed by atoms with Crippen LogP contribution in [-0.2, 0) is 14.6 Å². The number of piperidine rings is 1. The van der Waals surface area contributed by atoms with E-state index in [0.29, 0.717) is 37.2 Å². The van der Waals surface area contributed by atoms with E-state index in [2.05, 4.69) is 6.07 Å². The van der Waals surface area contributed by atoms with E-state index < -0.39 is 14.6 Å². The summed E-state index contributed by atoms with van der Waals surface area (Å²) in [5.74, 6) is 0.331. The summed E-state index contributed by atoms with van der Waals surface area (Å²) in [4.78, 5) is 14.1. The lowest BCUT2D eigenvalue weighted by Crippen LogP contribution is -2.52. The van der Waals surface area contributed by atoms with Gasteiger partial charge in [0.05, 0.1) is 11.6 Å². The summed E-state index contributed by atoms with van der Waals surface area (Å²) in [6.07, 6.45) is 2.35. The fourth-order valence-corrected chi connectivity index (χ4v) is 2.96. The van der Waals surface area contributed by atoms with Crippen molar-refractivity contribution < 1.29 is 17.9 Å². The van der Waals surface area contributed by atoms with Gasteiger partial charge < -0.3 is 9.64 Å². The SMILES string of the molecule is CC(C)(C(=O)N1CCC(Oc2ccc(C#N)cc2)CC1)S(C)(=O)=O. The highest BCUT2D eigenvalue weighted by atomic mass is 32.2. The zero-order chi connectivity index (χ0) is 18.0. The van der Waals surface area contributed by atoms with Crippen LogP contribution < -0.4 is 4.74 Å². The van der Waals surface area contributed by atoms with Crippen LogP contribution in [0.4, 0.5) is 0 Å². The molecule has 7 heteroatoms. The van der Waals surface area contributed by atoms with Gasteiger partial charge in [0.25, 0.3) is 0 Å². The summed E-state index contributed by atoms with van der Waals surface area (Å²) >= 11 is 0. The first-order valence-corrected chi connectivity index (χ1v) is 9.70. The highest BCUT2D eigenvalue weighted by Crippen LogP contribution is 2.24. The molecular formula is C17H22N2O4S. The molecule has 0 saturated carbocycles. The first-order chi connectivity index (χ1) is 11.1. The van der Waals surface area contributed by atoms with Gasteiger partial charge in [0.1, 0.15) is 16.6 Å². The number of amides is 1. The summed E-state index contributed by atoms with van der Waals surface area (Å²) in [7, 11) is -3.47. The number of rotatable bonds is 4. The quantitative estimate of drug-likeness (QED) is 0.825. The highest BCUT2D eigenvalue weighted by Gasteiger charge is 2.42. The molecule has 1 aliphatic heterocycles. The van der Waals surface area contributed by atoms with Crippen molar-refractivity contribution in [3.05, 3.63) is 29.8 Å². The molecule has 1 saturated heterocycles. The molecule has 0 N–H and O–H groups in total. The van der Waals surface area contributed by atoms with E-state index in [9.17, 15) is 13.2 Å². The molecule has 0 aliphatic carbocycles. The smallest absolute Gasteiger partial charge is 0.243 e. The van der Waals surface area contributed by atoms with E-state index in [-0.39, 0.29) is 12.0 Å². The number of ether oxygens (including phenoxy) is 1. The number of carbonyl (C=O) groups excluding carboxylic acids is 1. The number of benzene rings is 1. The van der Waals surface area contributed by atoms with Crippen molar-refractivity contribution in [2.75, 3.05) is 19.3 Å². The molecule has 0 radical (unpaired) electrons. The summed E-state index contributed by atoms with van der Waals surface area (Å²) in [5.41, 5.74) is 0.575. The lowest BCUT2D eigenvalue weighted by atomic mass is 10.0. The third kappa shape index (κ3) is 3.88. The van der Waals surface area contributed by atoms with Crippen LogP contribution in [-0.4, -0.2) is 49.4 Å². The maximum absolute atomic E-state index is 12.5. The van der Waals surface area contributed by atoms with Crippen LogP contribution in [0.5, 0.6) is 5.75 Å². The predicted molar refractivity (Wildman–Crippen MR) is 90.3 cm³/mol. The van der Waals surface area contributed by atoms with Crippen molar-refractivity contribution >= 4 is 15.7 Å². The zero-order valence-corrected chi connectivity index (χ0v) is 15.0. The van der Waals surface area contributed by atoms with E-state index in [1.54, 1.807) is 29.2 Å². The second kappa shape index (κ2) is 6.81. The molecule has 1 aromatic rings. The number of hydrogen-bond donors (Lipinski definition) is 0. The Morgan fingerprint density at radius 1 is 1.25 bits per heavy atom. The van der Waals surface area contributed by atoms with Gasteiger partial charge in [-0.25, -0.2) is 8.42 Å². The number of likely N-dealkylation sites (tertiary alicyclic amines) is 1. The largest absolute Gasteiger partial charge is 0.490 e. The molecule has 1 amide bonds. The van der Waals surface area contributed by atoms with Crippen molar-refractivity contribution in [2.24, 2.45) is 0 Å². The van der Waals surface area contributed by atoms with E-state index in [0.717, 1.165) is 6.26 Å². The van der Waals surface area contributed by atoms with Gasteiger partial charge in [-0.05, 0) is 38.1 Å². The summed E-state index contributed by atoms with van der Waals surface area (Å²) in [6, 6.07) is 8.95. The molecule has 130 valence electrons. The second-order valence-electron chi connectivity index (χ2n) is 6.53. The van der Waals surface area contributed by atoms with Gasteiger partial charge in [0, 0.05) is 32.2 Å². The Morgan fingerprint density at radius 3 is 2.25 bits per heavy atom. The lowest BCUT2D eigenvalue weighted by molar-refractivity contribution is -0.134. The third-order valence-electron chi connectivity index (χ3n) is 4.46. The van der Waals surface area contributed by atoms with Crippen LogP contribution in [0.15, 0.2) is 24.3 Å². The van der Waals surface area contributed by atoms with Crippen LogP contribution >= 0.6 is 0 Å². The molecule has 1 aliphatic rings. The molecule has 24 heavy (non-hydrogen) atoms. The normalized spacial score (nSPS) is 16.5. The van der Waals surface area contributed by atoms with Gasteiger partial charge in [0.15, 0.2) is 9.84 Å². The maximum atomic E-state index is 12.5.